The molecule has 0 amide bonds. The van der Waals surface area contributed by atoms with E-state index in [1.165, 1.54) is 0 Å². The van der Waals surface area contributed by atoms with Gasteiger partial charge >= 0.3 is 11.6 Å². The van der Waals surface area contributed by atoms with Gasteiger partial charge in [0, 0.05) is 17.0 Å². The summed E-state index contributed by atoms with van der Waals surface area (Å²) in [7, 11) is 0. The minimum atomic E-state index is -0.510. The molecule has 0 atom stereocenters. The Hall–Kier alpha value is -3.08. The van der Waals surface area contributed by atoms with Crippen LogP contribution >= 0.6 is 0 Å². The smallest absolute Gasteiger partial charge is 0.349 e. The third kappa shape index (κ3) is 3.45. The Balaban J connectivity index is 1.49. The molecule has 138 valence electrons. The highest BCUT2D eigenvalue weighted by Crippen LogP contribution is 2.29. The molecule has 0 aliphatic heterocycles. The van der Waals surface area contributed by atoms with E-state index in [4.69, 9.17) is 13.9 Å². The molecule has 27 heavy (non-hydrogen) atoms. The van der Waals surface area contributed by atoms with Crippen molar-refractivity contribution in [3.8, 4) is 11.5 Å². The Morgan fingerprint density at radius 2 is 1.93 bits per heavy atom. The van der Waals surface area contributed by atoms with Crippen LogP contribution in [0.5, 0.6) is 11.5 Å². The van der Waals surface area contributed by atoms with Crippen LogP contribution in [0.15, 0.2) is 51.7 Å². The van der Waals surface area contributed by atoms with E-state index in [1.54, 1.807) is 12.1 Å². The van der Waals surface area contributed by atoms with Gasteiger partial charge < -0.3 is 13.9 Å². The second-order valence-corrected chi connectivity index (χ2v) is 6.58. The topological polar surface area (TPSA) is 65.7 Å². The second-order valence-electron chi connectivity index (χ2n) is 6.58. The first kappa shape index (κ1) is 17.3. The quantitative estimate of drug-likeness (QED) is 0.391. The van der Waals surface area contributed by atoms with E-state index in [0.29, 0.717) is 17.1 Å². The first-order chi connectivity index (χ1) is 13.2. The molecule has 0 fully saturated rings. The highest BCUT2D eigenvalue weighted by Gasteiger charge is 2.20. The maximum absolute atomic E-state index is 12.1. The summed E-state index contributed by atoms with van der Waals surface area (Å²) >= 11 is 0. The Morgan fingerprint density at radius 1 is 1.11 bits per heavy atom. The van der Waals surface area contributed by atoms with Crippen molar-refractivity contribution in [1.29, 1.82) is 0 Å². The second kappa shape index (κ2) is 7.27. The van der Waals surface area contributed by atoms with Crippen LogP contribution in [0, 0.1) is 0 Å². The fraction of sp³-hybridized carbons (Fsp3) is 0.273. The Labute approximate surface area is 156 Å². The number of rotatable bonds is 5. The minimum Gasteiger partial charge on any atom is -0.482 e. The van der Waals surface area contributed by atoms with Crippen molar-refractivity contribution in [3.05, 3.63) is 69.6 Å². The monoisotopic (exact) mass is 364 g/mol. The van der Waals surface area contributed by atoms with Crippen molar-refractivity contribution in [2.24, 2.45) is 0 Å². The van der Waals surface area contributed by atoms with Crippen LogP contribution in [0.2, 0.25) is 0 Å². The van der Waals surface area contributed by atoms with Crippen molar-refractivity contribution in [2.75, 3.05) is 6.61 Å². The fourth-order valence-corrected chi connectivity index (χ4v) is 3.56. The number of fused-ring (bicyclic) bond motifs is 3. The van der Waals surface area contributed by atoms with Crippen LogP contribution in [0.1, 0.15) is 30.0 Å². The van der Waals surface area contributed by atoms with E-state index in [1.807, 2.05) is 37.3 Å². The number of ether oxygens (including phenoxy) is 2. The Kier molecular flexibility index (Phi) is 4.67. The molecule has 0 saturated heterocycles. The van der Waals surface area contributed by atoms with Crippen molar-refractivity contribution in [1.82, 2.24) is 0 Å². The normalized spacial score (nSPS) is 12.8. The van der Waals surface area contributed by atoms with Gasteiger partial charge in [0.05, 0.1) is 0 Å². The highest BCUT2D eigenvalue weighted by molar-refractivity contribution is 5.84. The summed E-state index contributed by atoms with van der Waals surface area (Å²) < 4.78 is 16.3. The Morgan fingerprint density at radius 3 is 2.78 bits per heavy atom. The lowest BCUT2D eigenvalue weighted by Crippen LogP contribution is -2.18. The van der Waals surface area contributed by atoms with Crippen LogP contribution in [0.4, 0.5) is 0 Å². The molecular weight excluding hydrogens is 344 g/mol. The van der Waals surface area contributed by atoms with E-state index >= 15 is 0 Å². The minimum absolute atomic E-state index is 0.191. The van der Waals surface area contributed by atoms with E-state index in [2.05, 4.69) is 0 Å². The maximum atomic E-state index is 12.1. The zero-order valence-electron chi connectivity index (χ0n) is 15.1. The third-order valence-electron chi connectivity index (χ3n) is 4.88. The molecule has 1 aliphatic carbocycles. The van der Waals surface area contributed by atoms with Crippen molar-refractivity contribution in [2.45, 2.75) is 32.6 Å². The van der Waals surface area contributed by atoms with Gasteiger partial charge in [-0.3, -0.25) is 0 Å². The summed E-state index contributed by atoms with van der Waals surface area (Å²) in [6.45, 7) is 1.84. The van der Waals surface area contributed by atoms with Gasteiger partial charge in [-0.15, -0.1) is 0 Å². The van der Waals surface area contributed by atoms with Crippen LogP contribution in [-0.2, 0) is 24.1 Å². The van der Waals surface area contributed by atoms with Gasteiger partial charge in [-0.1, -0.05) is 25.1 Å². The molecule has 3 aromatic rings. The van der Waals surface area contributed by atoms with E-state index < -0.39 is 5.97 Å². The average Bonchev–Trinajstić information content (AvgIpc) is 3.17. The lowest BCUT2D eigenvalue weighted by atomic mass is 10.1. The Bertz CT molecular complexity index is 1060. The van der Waals surface area contributed by atoms with Crippen LogP contribution < -0.4 is 15.1 Å². The van der Waals surface area contributed by atoms with Crippen molar-refractivity contribution < 1.29 is 18.7 Å². The molecule has 4 rings (SSSR count). The molecule has 1 aliphatic rings. The SMILES string of the molecule is CCc1ccccc1OCC(=O)Oc1ccc2c3c(c(=O)oc2c1)CCC3. The molecule has 0 N–H and O–H groups in total. The summed E-state index contributed by atoms with van der Waals surface area (Å²) in [5.41, 5.74) is 3.02. The molecule has 0 unspecified atom stereocenters. The number of esters is 1. The molecule has 1 heterocycles. The first-order valence-corrected chi connectivity index (χ1v) is 9.15. The fourth-order valence-electron chi connectivity index (χ4n) is 3.56. The van der Waals surface area contributed by atoms with Gasteiger partial charge in [0.25, 0.3) is 0 Å². The predicted octanol–water partition coefficient (Wildman–Crippen LogP) is 3.83. The molecule has 5 heteroatoms. The number of hydrogen-bond donors (Lipinski definition) is 0. The number of carbonyl (C=O) groups excluding carboxylic acids is 1. The lowest BCUT2D eigenvalue weighted by molar-refractivity contribution is -0.136. The third-order valence-corrected chi connectivity index (χ3v) is 4.88. The lowest BCUT2D eigenvalue weighted by Gasteiger charge is -2.10. The zero-order valence-corrected chi connectivity index (χ0v) is 15.1. The maximum Gasteiger partial charge on any atom is 0.349 e. The van der Waals surface area contributed by atoms with E-state index in [9.17, 15) is 9.59 Å². The molecule has 0 saturated carbocycles. The molecule has 5 nitrogen and oxygen atoms in total. The van der Waals surface area contributed by atoms with Gasteiger partial charge in [0.2, 0.25) is 0 Å². The summed E-state index contributed by atoms with van der Waals surface area (Å²) in [5.74, 6) is 0.502. The number of carbonyl (C=O) groups is 1. The number of para-hydroxylation sites is 1. The molecule has 2 aromatic carbocycles. The van der Waals surface area contributed by atoms with Crippen LogP contribution in [0.3, 0.4) is 0 Å². The number of benzene rings is 2. The summed E-state index contributed by atoms with van der Waals surface area (Å²) in [6.07, 6.45) is 3.42. The van der Waals surface area contributed by atoms with E-state index in [0.717, 1.165) is 47.8 Å². The molecule has 0 spiro atoms. The average molecular weight is 364 g/mol. The molecule has 0 radical (unpaired) electrons. The zero-order chi connectivity index (χ0) is 18.8. The molecule has 0 bridgehead atoms. The summed E-state index contributed by atoms with van der Waals surface area (Å²) in [5, 5.41) is 0.912. The summed E-state index contributed by atoms with van der Waals surface area (Å²) in [4.78, 5) is 24.2. The van der Waals surface area contributed by atoms with Crippen LogP contribution in [0.25, 0.3) is 11.0 Å². The molecular formula is C22H20O5. The van der Waals surface area contributed by atoms with Gasteiger partial charge in [-0.25, -0.2) is 9.59 Å². The van der Waals surface area contributed by atoms with Gasteiger partial charge in [-0.2, -0.15) is 0 Å². The number of hydrogen-bond acceptors (Lipinski definition) is 5. The molecule has 1 aromatic heterocycles. The summed E-state index contributed by atoms with van der Waals surface area (Å²) in [6, 6.07) is 12.7. The standard InChI is InChI=1S/C22H20O5/c1-2-14-6-3-4-9-19(14)25-13-21(23)26-15-10-11-17-16-7-5-8-18(16)22(24)27-20(17)12-15/h3-4,6,9-12H,2,5,7-8,13H2,1H3. The predicted molar refractivity (Wildman–Crippen MR) is 101 cm³/mol. The highest BCUT2D eigenvalue weighted by atomic mass is 16.6. The number of aryl methyl sites for hydroxylation is 2. The van der Waals surface area contributed by atoms with Gasteiger partial charge in [0.1, 0.15) is 17.1 Å². The van der Waals surface area contributed by atoms with Gasteiger partial charge in [0.15, 0.2) is 6.61 Å². The largest absolute Gasteiger partial charge is 0.482 e. The van der Waals surface area contributed by atoms with E-state index in [-0.39, 0.29) is 12.2 Å². The van der Waals surface area contributed by atoms with Crippen molar-refractivity contribution in [3.63, 3.8) is 0 Å². The van der Waals surface area contributed by atoms with Crippen molar-refractivity contribution >= 4 is 16.9 Å². The van der Waals surface area contributed by atoms with Crippen LogP contribution in [-0.4, -0.2) is 12.6 Å². The first-order valence-electron chi connectivity index (χ1n) is 9.15. The van der Waals surface area contributed by atoms with Gasteiger partial charge in [-0.05, 0) is 55.0 Å².